The van der Waals surface area contributed by atoms with Gasteiger partial charge in [-0.15, -0.1) is 0 Å². The Hall–Kier alpha value is -4.38. The number of hydrogen-bond donors (Lipinski definition) is 1. The quantitative estimate of drug-likeness (QED) is 0.395. The van der Waals surface area contributed by atoms with Crippen molar-refractivity contribution >= 4 is 44.4 Å². The highest BCUT2D eigenvalue weighted by Gasteiger charge is 2.27. The average molecular weight is 524 g/mol. The maximum absolute atomic E-state index is 14.6. The van der Waals surface area contributed by atoms with Gasteiger partial charge in [0, 0.05) is 43.6 Å². The standard InChI is InChI=1S/C26H22FN3O6S/c1-29(17-8-3-2-4-9-17)26(32)36-21-10-5-6-11-24(21)37(33,34)28-25(31)23-16-19-20(27)14-18(15-22(19)35-23)30-12-7-13-30/h2-6,8-11,14-16H,7,12-13H2,1H3,(H,28,31). The molecule has 4 aromatic rings. The van der Waals surface area contributed by atoms with Crippen LogP contribution in [0.3, 0.4) is 0 Å². The Labute approximate surface area is 212 Å². The van der Waals surface area contributed by atoms with Crippen LogP contribution in [0, 0.1) is 5.82 Å². The van der Waals surface area contributed by atoms with Crippen molar-refractivity contribution in [3.05, 3.63) is 84.4 Å². The summed E-state index contributed by atoms with van der Waals surface area (Å²) in [6.07, 6.45) is 0.175. The molecule has 2 amide bonds. The van der Waals surface area contributed by atoms with Gasteiger partial charge in [-0.3, -0.25) is 9.69 Å². The summed E-state index contributed by atoms with van der Waals surface area (Å²) in [5.41, 5.74) is 1.29. The van der Waals surface area contributed by atoms with Gasteiger partial charge in [0.05, 0.1) is 5.39 Å². The smallest absolute Gasteiger partial charge is 0.419 e. The van der Waals surface area contributed by atoms with Gasteiger partial charge in [0.25, 0.3) is 10.0 Å². The van der Waals surface area contributed by atoms with E-state index >= 15 is 0 Å². The van der Waals surface area contributed by atoms with E-state index < -0.39 is 32.7 Å². The Morgan fingerprint density at radius 3 is 2.43 bits per heavy atom. The van der Waals surface area contributed by atoms with E-state index in [0.29, 0.717) is 11.4 Å². The number of rotatable bonds is 6. The number of nitrogens with one attached hydrogen (secondary N) is 1. The maximum atomic E-state index is 14.6. The van der Waals surface area contributed by atoms with E-state index in [1.807, 2.05) is 9.62 Å². The molecule has 1 aliphatic rings. The van der Waals surface area contributed by atoms with E-state index in [4.69, 9.17) is 9.15 Å². The predicted octanol–water partition coefficient (Wildman–Crippen LogP) is 4.54. The van der Waals surface area contributed by atoms with Crippen LogP contribution < -0.4 is 19.3 Å². The summed E-state index contributed by atoms with van der Waals surface area (Å²) in [6, 6.07) is 18.2. The van der Waals surface area contributed by atoms with Gasteiger partial charge in [-0.25, -0.2) is 22.3 Å². The molecule has 0 bridgehead atoms. The van der Waals surface area contributed by atoms with Crippen molar-refractivity contribution in [2.75, 3.05) is 29.9 Å². The number of nitrogens with zero attached hydrogens (tertiary/aromatic N) is 2. The SMILES string of the molecule is CN(C(=O)Oc1ccccc1S(=O)(=O)NC(=O)c1cc2c(F)cc(N3CCC3)cc2o1)c1ccccc1. The lowest BCUT2D eigenvalue weighted by molar-refractivity contribution is 0.0956. The van der Waals surface area contributed by atoms with Crippen LogP contribution in [0.4, 0.5) is 20.6 Å². The number of carbonyl (C=O) groups excluding carboxylic acids is 2. The van der Waals surface area contributed by atoms with Gasteiger partial charge in [0.1, 0.15) is 16.3 Å². The normalized spacial score (nSPS) is 13.2. The second kappa shape index (κ2) is 9.58. The van der Waals surface area contributed by atoms with Crippen LogP contribution in [0.1, 0.15) is 17.0 Å². The van der Waals surface area contributed by atoms with Gasteiger partial charge in [0.2, 0.25) is 0 Å². The van der Waals surface area contributed by atoms with Gasteiger partial charge in [0.15, 0.2) is 11.5 Å². The topological polar surface area (TPSA) is 109 Å². The second-order valence-corrected chi connectivity index (χ2v) is 10.1. The Bertz CT molecular complexity index is 1600. The molecular formula is C26H22FN3O6S. The first-order valence-corrected chi connectivity index (χ1v) is 12.9. The summed E-state index contributed by atoms with van der Waals surface area (Å²) >= 11 is 0. The molecule has 1 N–H and O–H groups in total. The van der Waals surface area contributed by atoms with E-state index in [0.717, 1.165) is 25.6 Å². The summed E-state index contributed by atoms with van der Waals surface area (Å²) in [5.74, 6) is -2.32. The molecule has 37 heavy (non-hydrogen) atoms. The molecule has 0 spiro atoms. The van der Waals surface area contributed by atoms with E-state index in [9.17, 15) is 22.4 Å². The van der Waals surface area contributed by atoms with Gasteiger partial charge < -0.3 is 14.1 Å². The zero-order valence-corrected chi connectivity index (χ0v) is 20.5. The van der Waals surface area contributed by atoms with Crippen molar-refractivity contribution in [3.8, 4) is 5.75 Å². The lowest BCUT2D eigenvalue weighted by Gasteiger charge is -2.33. The van der Waals surface area contributed by atoms with Gasteiger partial charge in [-0.2, -0.15) is 0 Å². The predicted molar refractivity (Wildman–Crippen MR) is 135 cm³/mol. The highest BCUT2D eigenvalue weighted by molar-refractivity contribution is 7.90. The summed E-state index contributed by atoms with van der Waals surface area (Å²) in [6.45, 7) is 1.59. The molecule has 0 saturated carbocycles. The summed E-state index contributed by atoms with van der Waals surface area (Å²) in [5, 5.41) is 0.0603. The minimum Gasteiger partial charge on any atom is -0.451 e. The zero-order valence-electron chi connectivity index (χ0n) is 19.7. The Morgan fingerprint density at radius 1 is 1.03 bits per heavy atom. The van der Waals surface area contributed by atoms with E-state index in [2.05, 4.69) is 0 Å². The van der Waals surface area contributed by atoms with Crippen LogP contribution in [-0.2, 0) is 10.0 Å². The van der Waals surface area contributed by atoms with Crippen LogP contribution >= 0.6 is 0 Å². The minimum atomic E-state index is -4.50. The van der Waals surface area contributed by atoms with Crippen molar-refractivity contribution in [2.24, 2.45) is 0 Å². The summed E-state index contributed by atoms with van der Waals surface area (Å²) in [4.78, 5) is 28.2. The first-order chi connectivity index (χ1) is 17.7. The Morgan fingerprint density at radius 2 is 1.73 bits per heavy atom. The van der Waals surface area contributed by atoms with Gasteiger partial charge in [-0.05, 0) is 36.8 Å². The fraction of sp³-hybridized carbons (Fsp3) is 0.154. The molecule has 1 saturated heterocycles. The fourth-order valence-corrected chi connectivity index (χ4v) is 4.94. The average Bonchev–Trinajstić information content (AvgIpc) is 3.28. The molecule has 0 unspecified atom stereocenters. The molecule has 1 aliphatic heterocycles. The molecule has 9 nitrogen and oxygen atoms in total. The number of fused-ring (bicyclic) bond motifs is 1. The molecule has 190 valence electrons. The largest absolute Gasteiger partial charge is 0.451 e. The van der Waals surface area contributed by atoms with E-state index in [1.165, 1.54) is 42.3 Å². The van der Waals surface area contributed by atoms with Crippen molar-refractivity contribution < 1.29 is 31.6 Å². The molecule has 0 aliphatic carbocycles. The summed E-state index contributed by atoms with van der Waals surface area (Å²) < 4.78 is 53.5. The number of ether oxygens (including phenoxy) is 1. The van der Waals surface area contributed by atoms with Crippen molar-refractivity contribution in [3.63, 3.8) is 0 Å². The first-order valence-electron chi connectivity index (χ1n) is 11.4. The Balaban J connectivity index is 1.37. The molecule has 1 aromatic heterocycles. The highest BCUT2D eigenvalue weighted by atomic mass is 32.2. The number of carbonyl (C=O) groups is 2. The van der Waals surface area contributed by atoms with Crippen LogP contribution in [0.25, 0.3) is 11.0 Å². The highest BCUT2D eigenvalue weighted by Crippen LogP contribution is 2.31. The number of benzene rings is 3. The molecule has 0 radical (unpaired) electrons. The molecule has 2 heterocycles. The van der Waals surface area contributed by atoms with Gasteiger partial charge in [-0.1, -0.05) is 30.3 Å². The number of amides is 2. The van der Waals surface area contributed by atoms with Crippen molar-refractivity contribution in [2.45, 2.75) is 11.3 Å². The molecular weight excluding hydrogens is 501 g/mol. The Kier molecular flexibility index (Phi) is 6.30. The number of sulfonamides is 1. The number of hydrogen-bond acceptors (Lipinski definition) is 7. The zero-order chi connectivity index (χ0) is 26.2. The fourth-order valence-electron chi connectivity index (χ4n) is 3.85. The number of furan rings is 1. The summed E-state index contributed by atoms with van der Waals surface area (Å²) in [7, 11) is -3.02. The monoisotopic (exact) mass is 523 g/mol. The van der Waals surface area contributed by atoms with Crippen LogP contribution in [-0.4, -0.2) is 40.6 Å². The van der Waals surface area contributed by atoms with Crippen LogP contribution in [0.2, 0.25) is 0 Å². The third-order valence-electron chi connectivity index (χ3n) is 6.00. The van der Waals surface area contributed by atoms with Crippen molar-refractivity contribution in [1.29, 1.82) is 0 Å². The molecule has 0 atom stereocenters. The van der Waals surface area contributed by atoms with Crippen LogP contribution in [0.15, 0.2) is 82.1 Å². The van der Waals surface area contributed by atoms with Crippen molar-refractivity contribution in [1.82, 2.24) is 4.72 Å². The van der Waals surface area contributed by atoms with E-state index in [-0.39, 0.29) is 22.5 Å². The second-order valence-electron chi connectivity index (χ2n) is 8.43. The lowest BCUT2D eigenvalue weighted by atomic mass is 10.1. The molecule has 3 aromatic carbocycles. The first kappa shape index (κ1) is 24.3. The van der Waals surface area contributed by atoms with E-state index in [1.54, 1.807) is 36.4 Å². The third kappa shape index (κ3) is 4.85. The lowest BCUT2D eigenvalue weighted by Crippen LogP contribution is -2.36. The molecule has 1 fully saturated rings. The molecule has 5 rings (SSSR count). The maximum Gasteiger partial charge on any atom is 0.419 e. The third-order valence-corrected chi connectivity index (χ3v) is 7.37. The number of halogens is 1. The van der Waals surface area contributed by atoms with Crippen LogP contribution in [0.5, 0.6) is 5.75 Å². The number of para-hydroxylation sites is 2. The van der Waals surface area contributed by atoms with Gasteiger partial charge >= 0.3 is 12.0 Å². The number of anilines is 2. The molecule has 11 heteroatoms. The minimum absolute atomic E-state index is 0.0603.